The van der Waals surface area contributed by atoms with Gasteiger partial charge < -0.3 is 4.98 Å². The van der Waals surface area contributed by atoms with Crippen LogP contribution in [0, 0.1) is 0 Å². The monoisotopic (exact) mass is 313 g/mol. The Labute approximate surface area is 137 Å². The number of hydrogen-bond acceptors (Lipinski definition) is 2. The van der Waals surface area contributed by atoms with Crippen LogP contribution in [0.5, 0.6) is 0 Å². The molecule has 1 aromatic carbocycles. The van der Waals surface area contributed by atoms with Crippen LogP contribution < -0.4 is 5.69 Å². The lowest BCUT2D eigenvalue weighted by atomic mass is 9.80. The van der Waals surface area contributed by atoms with E-state index in [1.165, 1.54) is 32.1 Å². The third-order valence-corrected chi connectivity index (χ3v) is 6.15. The fourth-order valence-electron chi connectivity index (χ4n) is 4.73. The predicted octanol–water partition coefficient (Wildman–Crippen LogP) is 3.69. The molecule has 4 rings (SSSR count). The summed E-state index contributed by atoms with van der Waals surface area (Å²) in [6.45, 7) is 4.69. The van der Waals surface area contributed by atoms with Crippen molar-refractivity contribution >= 4 is 11.0 Å². The van der Waals surface area contributed by atoms with E-state index in [1.807, 2.05) is 22.8 Å². The van der Waals surface area contributed by atoms with Gasteiger partial charge in [-0.25, -0.2) is 4.79 Å². The molecule has 0 unspecified atom stereocenters. The van der Waals surface area contributed by atoms with Gasteiger partial charge in [-0.3, -0.25) is 9.47 Å². The fourth-order valence-corrected chi connectivity index (χ4v) is 4.73. The molecule has 2 heterocycles. The number of piperidine rings is 1. The van der Waals surface area contributed by atoms with Crippen molar-refractivity contribution in [2.24, 2.45) is 0 Å². The molecule has 2 aliphatic rings. The topological polar surface area (TPSA) is 41.0 Å². The number of aromatic amines is 1. The molecule has 1 aromatic heterocycles. The van der Waals surface area contributed by atoms with E-state index < -0.39 is 0 Å². The van der Waals surface area contributed by atoms with Crippen LogP contribution in [0.25, 0.3) is 11.0 Å². The molecule has 2 aromatic rings. The van der Waals surface area contributed by atoms with E-state index in [4.69, 9.17) is 0 Å². The lowest BCUT2D eigenvalue weighted by Gasteiger charge is -2.47. The van der Waals surface area contributed by atoms with Crippen LogP contribution in [0.4, 0.5) is 0 Å². The molecular formula is C19H27N3O. The van der Waals surface area contributed by atoms with E-state index in [0.717, 1.165) is 37.0 Å². The standard InChI is InChI=1S/C19H27N3O/c1-19(11-5-2-6-12-19)21-13-9-15(10-14-21)22-17-8-4-3-7-16(17)20-18(22)23/h3-4,7-8,15H,2,5-6,9-14H2,1H3,(H,20,23). The average molecular weight is 313 g/mol. The number of rotatable bonds is 2. The third-order valence-electron chi connectivity index (χ3n) is 6.15. The number of para-hydroxylation sites is 2. The maximum absolute atomic E-state index is 12.4. The predicted molar refractivity (Wildman–Crippen MR) is 93.9 cm³/mol. The number of likely N-dealkylation sites (tertiary alicyclic amines) is 1. The number of H-pyrrole nitrogens is 1. The van der Waals surface area contributed by atoms with Crippen LogP contribution in [-0.4, -0.2) is 33.1 Å². The molecule has 1 aliphatic carbocycles. The number of hydrogen-bond donors (Lipinski definition) is 1. The molecular weight excluding hydrogens is 286 g/mol. The number of imidazole rings is 1. The Bertz CT molecular complexity index is 730. The van der Waals surface area contributed by atoms with Gasteiger partial charge in [0.2, 0.25) is 0 Å². The Morgan fingerprint density at radius 3 is 2.52 bits per heavy atom. The lowest BCUT2D eigenvalue weighted by molar-refractivity contribution is 0.0360. The van der Waals surface area contributed by atoms with E-state index in [9.17, 15) is 4.79 Å². The molecule has 1 aliphatic heterocycles. The van der Waals surface area contributed by atoms with Gasteiger partial charge in [-0.15, -0.1) is 0 Å². The molecule has 0 spiro atoms. The smallest absolute Gasteiger partial charge is 0.306 e. The van der Waals surface area contributed by atoms with Gasteiger partial charge in [-0.05, 0) is 44.7 Å². The summed E-state index contributed by atoms with van der Waals surface area (Å²) in [5.74, 6) is 0. The second-order valence-electron chi connectivity index (χ2n) is 7.59. The Hall–Kier alpha value is -1.55. The maximum Gasteiger partial charge on any atom is 0.326 e. The minimum atomic E-state index is 0.0496. The second kappa shape index (κ2) is 5.82. The van der Waals surface area contributed by atoms with Gasteiger partial charge in [0.05, 0.1) is 11.0 Å². The molecule has 4 nitrogen and oxygen atoms in total. The van der Waals surface area contributed by atoms with Crippen LogP contribution >= 0.6 is 0 Å². The van der Waals surface area contributed by atoms with Crippen LogP contribution in [-0.2, 0) is 0 Å². The molecule has 4 heteroatoms. The lowest BCUT2D eigenvalue weighted by Crippen LogP contribution is -2.51. The quantitative estimate of drug-likeness (QED) is 0.918. The third kappa shape index (κ3) is 2.63. The zero-order valence-electron chi connectivity index (χ0n) is 14.1. The van der Waals surface area contributed by atoms with Crippen LogP contribution in [0.3, 0.4) is 0 Å². The summed E-state index contributed by atoms with van der Waals surface area (Å²) in [6.07, 6.45) is 8.98. The van der Waals surface area contributed by atoms with Crippen LogP contribution in [0.2, 0.25) is 0 Å². The van der Waals surface area contributed by atoms with Crippen molar-refractivity contribution in [3.05, 3.63) is 34.7 Å². The summed E-state index contributed by atoms with van der Waals surface area (Å²) >= 11 is 0. The van der Waals surface area contributed by atoms with Crippen molar-refractivity contribution in [1.29, 1.82) is 0 Å². The highest BCUT2D eigenvalue weighted by Gasteiger charge is 2.36. The minimum Gasteiger partial charge on any atom is -0.306 e. The molecule has 0 atom stereocenters. The highest BCUT2D eigenvalue weighted by molar-refractivity contribution is 5.75. The highest BCUT2D eigenvalue weighted by Crippen LogP contribution is 2.36. The van der Waals surface area contributed by atoms with Gasteiger partial charge in [-0.1, -0.05) is 31.4 Å². The Balaban J connectivity index is 1.53. The van der Waals surface area contributed by atoms with E-state index in [1.54, 1.807) is 0 Å². The Kier molecular flexibility index (Phi) is 3.80. The molecule has 0 amide bonds. The second-order valence-corrected chi connectivity index (χ2v) is 7.59. The molecule has 2 fully saturated rings. The number of nitrogens with one attached hydrogen (secondary N) is 1. The Morgan fingerprint density at radius 2 is 1.78 bits per heavy atom. The summed E-state index contributed by atoms with van der Waals surface area (Å²) in [5.41, 5.74) is 2.46. The SMILES string of the molecule is CC1(N2CCC(n3c(=O)[nH]c4ccccc43)CC2)CCCCC1. The van der Waals surface area contributed by atoms with Crippen molar-refractivity contribution in [2.75, 3.05) is 13.1 Å². The fraction of sp³-hybridized carbons (Fsp3) is 0.632. The summed E-state index contributed by atoms with van der Waals surface area (Å²) in [4.78, 5) is 18.1. The largest absolute Gasteiger partial charge is 0.326 e. The first-order valence-corrected chi connectivity index (χ1v) is 9.12. The van der Waals surface area contributed by atoms with Crippen LogP contribution in [0.1, 0.15) is 57.9 Å². The first-order valence-electron chi connectivity index (χ1n) is 9.12. The first kappa shape index (κ1) is 15.0. The van der Waals surface area contributed by atoms with Crippen molar-refractivity contribution in [2.45, 2.75) is 63.5 Å². The number of nitrogens with zero attached hydrogens (tertiary/aromatic N) is 2. The van der Waals surface area contributed by atoms with Gasteiger partial charge in [-0.2, -0.15) is 0 Å². The van der Waals surface area contributed by atoms with Gasteiger partial charge in [0, 0.05) is 24.7 Å². The summed E-state index contributed by atoms with van der Waals surface area (Å²) < 4.78 is 2.00. The number of fused-ring (bicyclic) bond motifs is 1. The Morgan fingerprint density at radius 1 is 1.09 bits per heavy atom. The molecule has 1 saturated carbocycles. The summed E-state index contributed by atoms with van der Waals surface area (Å²) in [7, 11) is 0. The van der Waals surface area contributed by atoms with Gasteiger partial charge in [0.15, 0.2) is 0 Å². The van der Waals surface area contributed by atoms with Gasteiger partial charge in [0.1, 0.15) is 0 Å². The molecule has 23 heavy (non-hydrogen) atoms. The van der Waals surface area contributed by atoms with Crippen molar-refractivity contribution in [3.63, 3.8) is 0 Å². The van der Waals surface area contributed by atoms with Crippen molar-refractivity contribution in [1.82, 2.24) is 14.5 Å². The minimum absolute atomic E-state index is 0.0496. The van der Waals surface area contributed by atoms with Crippen molar-refractivity contribution in [3.8, 4) is 0 Å². The van der Waals surface area contributed by atoms with E-state index >= 15 is 0 Å². The molecule has 0 radical (unpaired) electrons. The first-order chi connectivity index (χ1) is 11.2. The zero-order valence-corrected chi connectivity index (χ0v) is 14.1. The summed E-state index contributed by atoms with van der Waals surface area (Å²) in [5, 5.41) is 0. The van der Waals surface area contributed by atoms with Gasteiger partial charge in [0.25, 0.3) is 0 Å². The zero-order chi connectivity index (χ0) is 15.9. The van der Waals surface area contributed by atoms with Crippen molar-refractivity contribution < 1.29 is 0 Å². The van der Waals surface area contributed by atoms with E-state index in [-0.39, 0.29) is 5.69 Å². The molecule has 1 saturated heterocycles. The molecule has 124 valence electrons. The number of benzene rings is 1. The summed E-state index contributed by atoms with van der Waals surface area (Å²) in [6, 6.07) is 8.38. The maximum atomic E-state index is 12.4. The van der Waals surface area contributed by atoms with Crippen LogP contribution in [0.15, 0.2) is 29.1 Å². The highest BCUT2D eigenvalue weighted by atomic mass is 16.1. The van der Waals surface area contributed by atoms with E-state index in [2.05, 4.69) is 22.9 Å². The van der Waals surface area contributed by atoms with Gasteiger partial charge >= 0.3 is 5.69 Å². The number of aromatic nitrogens is 2. The normalized spacial score (nSPS) is 23.3. The molecule has 0 bridgehead atoms. The van der Waals surface area contributed by atoms with E-state index in [0.29, 0.717) is 11.6 Å². The average Bonchev–Trinajstić information content (AvgIpc) is 2.91. The molecule has 1 N–H and O–H groups in total.